The Labute approximate surface area is 215 Å². The second kappa shape index (κ2) is 9.69. The summed E-state index contributed by atoms with van der Waals surface area (Å²) in [5.74, 6) is 0.0676. The number of rotatable bonds is 4. The Morgan fingerprint density at radius 3 is 2.65 bits per heavy atom. The van der Waals surface area contributed by atoms with Gasteiger partial charge in [-0.25, -0.2) is 14.8 Å². The third kappa shape index (κ3) is 4.43. The fourth-order valence-corrected chi connectivity index (χ4v) is 5.65. The Morgan fingerprint density at radius 2 is 1.81 bits per heavy atom. The first-order valence-corrected chi connectivity index (χ1v) is 12.9. The van der Waals surface area contributed by atoms with Crippen LogP contribution in [0.2, 0.25) is 0 Å². The van der Waals surface area contributed by atoms with E-state index in [0.29, 0.717) is 19.6 Å². The van der Waals surface area contributed by atoms with Gasteiger partial charge in [0.25, 0.3) is 0 Å². The van der Waals surface area contributed by atoms with Crippen molar-refractivity contribution in [2.75, 3.05) is 25.0 Å². The van der Waals surface area contributed by atoms with Gasteiger partial charge in [0.2, 0.25) is 5.91 Å². The molecule has 4 heterocycles. The second-order valence-electron chi connectivity index (χ2n) is 9.89. The van der Waals surface area contributed by atoms with E-state index >= 15 is 0 Å². The van der Waals surface area contributed by atoms with Crippen LogP contribution in [0.4, 0.5) is 10.5 Å². The summed E-state index contributed by atoms with van der Waals surface area (Å²) in [4.78, 5) is 38.9. The van der Waals surface area contributed by atoms with Crippen molar-refractivity contribution in [3.63, 3.8) is 0 Å². The van der Waals surface area contributed by atoms with E-state index in [2.05, 4.69) is 40.4 Å². The van der Waals surface area contributed by atoms with Crippen LogP contribution in [0, 0.1) is 6.92 Å². The van der Waals surface area contributed by atoms with Crippen LogP contribution in [-0.4, -0.2) is 61.9 Å². The molecule has 0 saturated carbocycles. The summed E-state index contributed by atoms with van der Waals surface area (Å²) in [6.07, 6.45) is 7.75. The van der Waals surface area contributed by atoms with E-state index < -0.39 is 0 Å². The van der Waals surface area contributed by atoms with Crippen molar-refractivity contribution in [1.29, 1.82) is 0 Å². The Morgan fingerprint density at radius 1 is 1.03 bits per heavy atom. The van der Waals surface area contributed by atoms with Crippen molar-refractivity contribution in [3.8, 4) is 11.1 Å². The van der Waals surface area contributed by atoms with Gasteiger partial charge in [0.15, 0.2) is 0 Å². The number of fused-ring (bicyclic) bond motifs is 2. The molecular formula is C29H30N6O2. The van der Waals surface area contributed by atoms with Crippen molar-refractivity contribution in [1.82, 2.24) is 24.3 Å². The number of likely N-dealkylation sites (tertiary alicyclic amines) is 1. The SMILES string of the molecule is Cc1ccccc1-c1cn(CC(=O)N2CCC(N3CCc4ccccc4NC3=O)CC2)c2ncncc12. The number of carbonyl (C=O) groups is 2. The third-order valence-corrected chi connectivity index (χ3v) is 7.68. The normalized spacial score (nSPS) is 16.4. The summed E-state index contributed by atoms with van der Waals surface area (Å²) in [6.45, 7) is 4.28. The fourth-order valence-electron chi connectivity index (χ4n) is 5.65. The van der Waals surface area contributed by atoms with Crippen LogP contribution in [0.15, 0.2) is 67.3 Å². The number of anilines is 1. The number of para-hydroxylation sites is 1. The monoisotopic (exact) mass is 494 g/mol. The molecule has 0 unspecified atom stereocenters. The molecule has 0 spiro atoms. The number of hydrogen-bond acceptors (Lipinski definition) is 4. The number of aryl methyl sites for hydroxylation is 1. The lowest BCUT2D eigenvalue weighted by Crippen LogP contribution is -2.50. The molecule has 4 aromatic rings. The van der Waals surface area contributed by atoms with Crippen LogP contribution in [0.3, 0.4) is 0 Å². The maximum absolute atomic E-state index is 13.3. The van der Waals surface area contributed by atoms with E-state index in [1.165, 1.54) is 17.5 Å². The van der Waals surface area contributed by atoms with Crippen molar-refractivity contribution in [2.24, 2.45) is 0 Å². The molecule has 0 aliphatic carbocycles. The van der Waals surface area contributed by atoms with E-state index in [1.807, 2.05) is 57.1 Å². The van der Waals surface area contributed by atoms with Crippen LogP contribution in [-0.2, 0) is 17.8 Å². The van der Waals surface area contributed by atoms with Gasteiger partial charge in [0.1, 0.15) is 18.5 Å². The van der Waals surface area contributed by atoms with Gasteiger partial charge in [0.05, 0.1) is 0 Å². The molecule has 37 heavy (non-hydrogen) atoms. The van der Waals surface area contributed by atoms with E-state index in [9.17, 15) is 9.59 Å². The van der Waals surface area contributed by atoms with Crippen molar-refractivity contribution < 1.29 is 9.59 Å². The zero-order valence-corrected chi connectivity index (χ0v) is 20.9. The Bertz CT molecular complexity index is 1470. The van der Waals surface area contributed by atoms with Gasteiger partial charge in [0, 0.05) is 54.7 Å². The van der Waals surface area contributed by atoms with Gasteiger partial charge in [-0.15, -0.1) is 0 Å². The maximum Gasteiger partial charge on any atom is 0.322 e. The number of piperidine rings is 1. The average molecular weight is 495 g/mol. The average Bonchev–Trinajstić information content (AvgIpc) is 3.18. The highest BCUT2D eigenvalue weighted by atomic mass is 16.2. The van der Waals surface area contributed by atoms with Crippen LogP contribution >= 0.6 is 0 Å². The number of carbonyl (C=O) groups excluding carboxylic acids is 2. The molecule has 0 atom stereocenters. The Kier molecular flexibility index (Phi) is 6.08. The zero-order chi connectivity index (χ0) is 25.4. The third-order valence-electron chi connectivity index (χ3n) is 7.68. The lowest BCUT2D eigenvalue weighted by atomic mass is 10.0. The summed E-state index contributed by atoms with van der Waals surface area (Å²) in [7, 11) is 0. The molecule has 1 N–H and O–H groups in total. The molecule has 2 aromatic carbocycles. The minimum atomic E-state index is -0.0445. The molecule has 0 radical (unpaired) electrons. The molecule has 6 rings (SSSR count). The van der Waals surface area contributed by atoms with Gasteiger partial charge >= 0.3 is 6.03 Å². The van der Waals surface area contributed by atoms with Crippen LogP contribution in [0.5, 0.6) is 0 Å². The molecule has 2 aliphatic heterocycles. The number of urea groups is 1. The summed E-state index contributed by atoms with van der Waals surface area (Å²) in [5.41, 5.74) is 6.14. The second-order valence-corrected chi connectivity index (χ2v) is 9.89. The van der Waals surface area contributed by atoms with Gasteiger partial charge in [-0.2, -0.15) is 0 Å². The van der Waals surface area contributed by atoms with E-state index in [1.54, 1.807) is 0 Å². The van der Waals surface area contributed by atoms with E-state index in [0.717, 1.165) is 47.1 Å². The highest BCUT2D eigenvalue weighted by Gasteiger charge is 2.31. The number of nitrogens with one attached hydrogen (secondary N) is 1. The zero-order valence-electron chi connectivity index (χ0n) is 20.9. The largest absolute Gasteiger partial charge is 0.341 e. The number of nitrogens with zero attached hydrogens (tertiary/aromatic N) is 5. The summed E-state index contributed by atoms with van der Waals surface area (Å²) in [6, 6.07) is 16.3. The minimum Gasteiger partial charge on any atom is -0.341 e. The number of amides is 3. The van der Waals surface area contributed by atoms with Crippen molar-refractivity contribution in [2.45, 2.75) is 38.8 Å². The molecule has 3 amide bonds. The summed E-state index contributed by atoms with van der Waals surface area (Å²) in [5, 5.41) is 4.01. The molecule has 8 nitrogen and oxygen atoms in total. The summed E-state index contributed by atoms with van der Waals surface area (Å²) >= 11 is 0. The van der Waals surface area contributed by atoms with E-state index in [4.69, 9.17) is 0 Å². The molecule has 1 fully saturated rings. The van der Waals surface area contributed by atoms with Gasteiger partial charge in [-0.3, -0.25) is 4.79 Å². The molecular weight excluding hydrogens is 464 g/mol. The van der Waals surface area contributed by atoms with Gasteiger partial charge in [-0.05, 0) is 48.9 Å². The topological polar surface area (TPSA) is 83.4 Å². The maximum atomic E-state index is 13.3. The van der Waals surface area contributed by atoms with Crippen LogP contribution in [0.1, 0.15) is 24.0 Å². The van der Waals surface area contributed by atoms with Crippen molar-refractivity contribution in [3.05, 3.63) is 78.4 Å². The predicted molar refractivity (Wildman–Crippen MR) is 143 cm³/mol. The Balaban J connectivity index is 1.14. The molecule has 188 valence electrons. The lowest BCUT2D eigenvalue weighted by molar-refractivity contribution is -0.133. The molecule has 2 aromatic heterocycles. The van der Waals surface area contributed by atoms with Crippen LogP contribution in [0.25, 0.3) is 22.2 Å². The number of aromatic nitrogens is 3. The fraction of sp³-hybridized carbons (Fsp3) is 0.310. The van der Waals surface area contributed by atoms with Gasteiger partial charge in [-0.1, -0.05) is 42.5 Å². The molecule has 8 heteroatoms. The standard InChI is InChI=1S/C29H30N6O2/c1-20-6-2-4-8-23(20)25-17-34(28-24(25)16-30-19-31-28)18-27(36)33-13-11-22(12-14-33)35-15-10-21-7-3-5-9-26(21)32-29(35)37/h2-9,16-17,19,22H,10-15,18H2,1H3,(H,32,37). The lowest BCUT2D eigenvalue weighted by Gasteiger charge is -2.38. The number of hydrogen-bond donors (Lipinski definition) is 1. The van der Waals surface area contributed by atoms with Gasteiger partial charge < -0.3 is 19.7 Å². The smallest absolute Gasteiger partial charge is 0.322 e. The minimum absolute atomic E-state index is 0.0445. The predicted octanol–water partition coefficient (Wildman–Crippen LogP) is 4.49. The summed E-state index contributed by atoms with van der Waals surface area (Å²) < 4.78 is 1.94. The molecule has 0 bridgehead atoms. The quantitative estimate of drug-likeness (QED) is 0.453. The highest BCUT2D eigenvalue weighted by Crippen LogP contribution is 2.31. The van der Waals surface area contributed by atoms with Crippen molar-refractivity contribution >= 4 is 28.7 Å². The molecule has 1 saturated heterocycles. The first kappa shape index (κ1) is 23.2. The first-order chi connectivity index (χ1) is 18.1. The molecule has 2 aliphatic rings. The number of benzene rings is 2. The van der Waals surface area contributed by atoms with Crippen LogP contribution < -0.4 is 5.32 Å². The van der Waals surface area contributed by atoms with E-state index in [-0.39, 0.29) is 24.5 Å². The first-order valence-electron chi connectivity index (χ1n) is 12.9. The highest BCUT2D eigenvalue weighted by molar-refractivity contribution is 5.95. The Hall–Kier alpha value is -4.20.